The Morgan fingerprint density at radius 2 is 1.89 bits per heavy atom. The molecule has 1 fully saturated rings. The first kappa shape index (κ1) is 16.4. The number of piperazine rings is 1. The van der Waals surface area contributed by atoms with E-state index < -0.39 is 0 Å². The second-order valence-corrected chi connectivity index (χ2v) is 5.15. The SMILES string of the molecule is CCCOCC(=O)N1CCN(C(CN)CCC)CC1. The Morgan fingerprint density at radius 3 is 2.42 bits per heavy atom. The zero-order valence-corrected chi connectivity index (χ0v) is 12.4. The van der Waals surface area contributed by atoms with E-state index in [1.54, 1.807) is 0 Å². The van der Waals surface area contributed by atoms with E-state index in [1.165, 1.54) is 0 Å². The van der Waals surface area contributed by atoms with Gasteiger partial charge in [-0.3, -0.25) is 9.69 Å². The van der Waals surface area contributed by atoms with Gasteiger partial charge in [-0.2, -0.15) is 0 Å². The molecule has 1 aliphatic heterocycles. The molecule has 5 nitrogen and oxygen atoms in total. The highest BCUT2D eigenvalue weighted by Crippen LogP contribution is 2.10. The maximum absolute atomic E-state index is 11.9. The number of carbonyl (C=O) groups excluding carboxylic acids is 1. The lowest BCUT2D eigenvalue weighted by Crippen LogP contribution is -2.54. The summed E-state index contributed by atoms with van der Waals surface area (Å²) in [6.45, 7) is 9.30. The molecule has 112 valence electrons. The molecule has 2 N–H and O–H groups in total. The van der Waals surface area contributed by atoms with E-state index in [9.17, 15) is 4.79 Å². The molecule has 0 aromatic heterocycles. The zero-order chi connectivity index (χ0) is 14.1. The van der Waals surface area contributed by atoms with E-state index in [2.05, 4.69) is 11.8 Å². The Balaban J connectivity index is 2.29. The van der Waals surface area contributed by atoms with Gasteiger partial charge in [0.2, 0.25) is 5.91 Å². The lowest BCUT2D eigenvalue weighted by molar-refractivity contribution is -0.138. The summed E-state index contributed by atoms with van der Waals surface area (Å²) < 4.78 is 5.31. The number of hydrogen-bond acceptors (Lipinski definition) is 4. The zero-order valence-electron chi connectivity index (χ0n) is 12.4. The summed E-state index contributed by atoms with van der Waals surface area (Å²) in [7, 11) is 0. The molecule has 0 spiro atoms. The minimum absolute atomic E-state index is 0.118. The van der Waals surface area contributed by atoms with E-state index in [4.69, 9.17) is 10.5 Å². The van der Waals surface area contributed by atoms with Gasteiger partial charge in [-0.25, -0.2) is 0 Å². The molecule has 1 aliphatic rings. The maximum atomic E-state index is 11.9. The number of ether oxygens (including phenoxy) is 1. The lowest BCUT2D eigenvalue weighted by atomic mass is 10.1. The van der Waals surface area contributed by atoms with E-state index in [0.29, 0.717) is 19.2 Å². The molecule has 0 radical (unpaired) electrons. The third-order valence-electron chi connectivity index (χ3n) is 3.65. The number of carbonyl (C=O) groups is 1. The fraction of sp³-hybridized carbons (Fsp3) is 0.929. The molecule has 1 rings (SSSR count). The van der Waals surface area contributed by atoms with Gasteiger partial charge in [-0.1, -0.05) is 20.3 Å². The topological polar surface area (TPSA) is 58.8 Å². The quantitative estimate of drug-likeness (QED) is 0.660. The molecule has 0 aliphatic carbocycles. The second-order valence-electron chi connectivity index (χ2n) is 5.15. The van der Waals surface area contributed by atoms with Crippen LogP contribution in [0.3, 0.4) is 0 Å². The molecule has 1 amide bonds. The van der Waals surface area contributed by atoms with Gasteiger partial charge in [0.05, 0.1) is 0 Å². The van der Waals surface area contributed by atoms with Crippen molar-refractivity contribution in [1.82, 2.24) is 9.80 Å². The monoisotopic (exact) mass is 271 g/mol. The van der Waals surface area contributed by atoms with Gasteiger partial charge >= 0.3 is 0 Å². The van der Waals surface area contributed by atoms with E-state index in [1.807, 2.05) is 11.8 Å². The molecule has 0 aromatic rings. The number of rotatable bonds is 8. The van der Waals surface area contributed by atoms with Crippen LogP contribution in [0, 0.1) is 0 Å². The first-order valence-corrected chi connectivity index (χ1v) is 7.52. The summed E-state index contributed by atoms with van der Waals surface area (Å²) in [6, 6.07) is 0.471. The van der Waals surface area contributed by atoms with Crippen LogP contribution in [0.4, 0.5) is 0 Å². The Hall–Kier alpha value is -0.650. The number of nitrogens with zero attached hydrogens (tertiary/aromatic N) is 2. The predicted octanol–water partition coefficient (Wildman–Crippen LogP) is 0.685. The molecule has 5 heteroatoms. The van der Waals surface area contributed by atoms with Crippen molar-refractivity contribution in [2.45, 2.75) is 39.2 Å². The number of hydrogen-bond donors (Lipinski definition) is 1. The summed E-state index contributed by atoms with van der Waals surface area (Å²) >= 11 is 0. The van der Waals surface area contributed by atoms with Crippen LogP contribution in [0.2, 0.25) is 0 Å². The van der Waals surface area contributed by atoms with Crippen molar-refractivity contribution in [3.63, 3.8) is 0 Å². The Kier molecular flexibility index (Phi) is 8.02. The van der Waals surface area contributed by atoms with Crippen LogP contribution in [0.15, 0.2) is 0 Å². The smallest absolute Gasteiger partial charge is 0.248 e. The third-order valence-corrected chi connectivity index (χ3v) is 3.65. The first-order chi connectivity index (χ1) is 9.22. The summed E-state index contributed by atoms with van der Waals surface area (Å²) in [5.41, 5.74) is 5.82. The number of nitrogens with two attached hydrogens (primary N) is 1. The maximum Gasteiger partial charge on any atom is 0.248 e. The minimum atomic E-state index is 0.118. The highest BCUT2D eigenvalue weighted by Gasteiger charge is 2.24. The van der Waals surface area contributed by atoms with Gasteiger partial charge in [0.15, 0.2) is 0 Å². The van der Waals surface area contributed by atoms with Crippen LogP contribution < -0.4 is 5.73 Å². The Labute approximate surface area is 117 Å². The van der Waals surface area contributed by atoms with Crippen molar-refractivity contribution in [3.8, 4) is 0 Å². The van der Waals surface area contributed by atoms with Gasteiger partial charge in [0, 0.05) is 45.4 Å². The largest absolute Gasteiger partial charge is 0.372 e. The van der Waals surface area contributed by atoms with Crippen molar-refractivity contribution >= 4 is 5.91 Å². The summed E-state index contributed by atoms with van der Waals surface area (Å²) in [6.07, 6.45) is 3.26. The Morgan fingerprint density at radius 1 is 1.21 bits per heavy atom. The van der Waals surface area contributed by atoms with E-state index in [-0.39, 0.29) is 12.5 Å². The molecule has 1 unspecified atom stereocenters. The van der Waals surface area contributed by atoms with E-state index in [0.717, 1.165) is 45.4 Å². The second kappa shape index (κ2) is 9.28. The van der Waals surface area contributed by atoms with Crippen molar-refractivity contribution < 1.29 is 9.53 Å². The van der Waals surface area contributed by atoms with Crippen LogP contribution in [0.1, 0.15) is 33.1 Å². The Bertz CT molecular complexity index is 253. The molecule has 1 atom stereocenters. The lowest BCUT2D eigenvalue weighted by Gasteiger charge is -2.39. The highest BCUT2D eigenvalue weighted by atomic mass is 16.5. The first-order valence-electron chi connectivity index (χ1n) is 7.52. The molecule has 19 heavy (non-hydrogen) atoms. The molecule has 0 aromatic carbocycles. The highest BCUT2D eigenvalue weighted by molar-refractivity contribution is 5.77. The average Bonchev–Trinajstić information content (AvgIpc) is 2.45. The van der Waals surface area contributed by atoms with Gasteiger partial charge in [0.25, 0.3) is 0 Å². The molecule has 1 heterocycles. The van der Waals surface area contributed by atoms with Crippen molar-refractivity contribution in [3.05, 3.63) is 0 Å². The van der Waals surface area contributed by atoms with Crippen molar-refractivity contribution in [2.24, 2.45) is 5.73 Å². The van der Waals surface area contributed by atoms with Gasteiger partial charge in [-0.15, -0.1) is 0 Å². The molecular formula is C14H29N3O2. The van der Waals surface area contributed by atoms with Crippen LogP contribution in [-0.2, 0) is 9.53 Å². The standard InChI is InChI=1S/C14H29N3O2/c1-3-5-13(11-15)16-6-8-17(9-7-16)14(18)12-19-10-4-2/h13H,3-12,15H2,1-2H3. The molecule has 0 bridgehead atoms. The van der Waals surface area contributed by atoms with Crippen molar-refractivity contribution in [2.75, 3.05) is 45.9 Å². The summed E-state index contributed by atoms with van der Waals surface area (Å²) in [5, 5.41) is 0. The van der Waals surface area contributed by atoms with Gasteiger partial charge in [-0.05, 0) is 12.8 Å². The van der Waals surface area contributed by atoms with Crippen LogP contribution >= 0.6 is 0 Å². The summed E-state index contributed by atoms with van der Waals surface area (Å²) in [4.78, 5) is 16.2. The van der Waals surface area contributed by atoms with Crippen LogP contribution in [0.5, 0.6) is 0 Å². The van der Waals surface area contributed by atoms with Crippen LogP contribution in [0.25, 0.3) is 0 Å². The van der Waals surface area contributed by atoms with E-state index >= 15 is 0 Å². The van der Waals surface area contributed by atoms with Crippen LogP contribution in [-0.4, -0.2) is 67.7 Å². The fourth-order valence-corrected chi connectivity index (χ4v) is 2.51. The fourth-order valence-electron chi connectivity index (χ4n) is 2.51. The minimum Gasteiger partial charge on any atom is -0.372 e. The average molecular weight is 271 g/mol. The van der Waals surface area contributed by atoms with Crippen molar-refractivity contribution in [1.29, 1.82) is 0 Å². The molecule has 1 saturated heterocycles. The summed E-state index contributed by atoms with van der Waals surface area (Å²) in [5.74, 6) is 0.118. The van der Waals surface area contributed by atoms with Gasteiger partial charge < -0.3 is 15.4 Å². The number of amides is 1. The predicted molar refractivity (Wildman–Crippen MR) is 77.0 cm³/mol. The molecule has 0 saturated carbocycles. The molecular weight excluding hydrogens is 242 g/mol. The van der Waals surface area contributed by atoms with Gasteiger partial charge in [0.1, 0.15) is 6.61 Å². The third kappa shape index (κ3) is 5.47. The normalized spacial score (nSPS) is 18.6.